The number of carboxylic acids is 1. The molecule has 1 heterocycles. The van der Waals surface area contributed by atoms with E-state index in [0.29, 0.717) is 0 Å². The van der Waals surface area contributed by atoms with Crippen molar-refractivity contribution < 1.29 is 9.90 Å². The zero-order valence-electron chi connectivity index (χ0n) is 10.3. The first-order valence-electron chi connectivity index (χ1n) is 5.89. The predicted octanol–water partition coefficient (Wildman–Crippen LogP) is 1.04. The molecule has 0 aromatic carbocycles. The lowest BCUT2D eigenvalue weighted by atomic mass is 10.2. The minimum atomic E-state index is -0.856. The van der Waals surface area contributed by atoms with E-state index in [4.69, 9.17) is 5.11 Å². The third-order valence-electron chi connectivity index (χ3n) is 2.89. The molecule has 4 heteroatoms. The lowest BCUT2D eigenvalue weighted by molar-refractivity contribution is -0.131. The summed E-state index contributed by atoms with van der Waals surface area (Å²) < 4.78 is 0. The number of aliphatic carboxylic acids is 1. The number of rotatable bonds is 6. The van der Waals surface area contributed by atoms with Crippen molar-refractivity contribution in [3.8, 4) is 0 Å². The Bertz CT molecular complexity index is 258. The average molecular weight is 226 g/mol. The van der Waals surface area contributed by atoms with Crippen molar-refractivity contribution in [2.24, 2.45) is 0 Å². The van der Waals surface area contributed by atoms with Gasteiger partial charge in [-0.05, 0) is 39.9 Å². The van der Waals surface area contributed by atoms with Crippen LogP contribution in [0, 0.1) is 0 Å². The fourth-order valence-corrected chi connectivity index (χ4v) is 2.08. The number of carbonyl (C=O) groups is 1. The average Bonchev–Trinajstić information content (AvgIpc) is 2.65. The van der Waals surface area contributed by atoms with Crippen LogP contribution >= 0.6 is 0 Å². The number of carboxylic acid groups (broad SMARTS) is 1. The summed E-state index contributed by atoms with van der Waals surface area (Å²) in [7, 11) is 2.04. The molecule has 0 spiro atoms. The molecule has 0 radical (unpaired) electrons. The first-order chi connectivity index (χ1) is 7.58. The molecule has 0 aliphatic carbocycles. The zero-order valence-corrected chi connectivity index (χ0v) is 10.3. The van der Waals surface area contributed by atoms with E-state index >= 15 is 0 Å². The molecule has 0 unspecified atom stereocenters. The molecule has 92 valence electrons. The molecule has 1 N–H and O–H groups in total. The van der Waals surface area contributed by atoms with Crippen LogP contribution < -0.4 is 0 Å². The maximum Gasteiger partial charge on any atom is 0.328 e. The van der Waals surface area contributed by atoms with Gasteiger partial charge in [-0.15, -0.1) is 0 Å². The number of hydrogen-bond acceptors (Lipinski definition) is 3. The van der Waals surface area contributed by atoms with Crippen LogP contribution in [0.2, 0.25) is 0 Å². The van der Waals surface area contributed by atoms with Gasteiger partial charge in [-0.1, -0.05) is 5.57 Å². The standard InChI is InChI=1S/C12H22N2O2/c1-11(9-12(15)16)10-13(2)7-8-14-5-3-4-6-14/h9H,3-8,10H2,1-2H3,(H,15,16). The highest BCUT2D eigenvalue weighted by atomic mass is 16.4. The van der Waals surface area contributed by atoms with E-state index in [-0.39, 0.29) is 0 Å². The van der Waals surface area contributed by atoms with Crippen molar-refractivity contribution in [3.05, 3.63) is 11.6 Å². The topological polar surface area (TPSA) is 43.8 Å². The fourth-order valence-electron chi connectivity index (χ4n) is 2.08. The van der Waals surface area contributed by atoms with Gasteiger partial charge in [-0.3, -0.25) is 0 Å². The molecule has 0 amide bonds. The van der Waals surface area contributed by atoms with Gasteiger partial charge >= 0.3 is 5.97 Å². The van der Waals surface area contributed by atoms with E-state index in [2.05, 4.69) is 9.80 Å². The van der Waals surface area contributed by atoms with Crippen LogP contribution in [0.3, 0.4) is 0 Å². The second-order valence-corrected chi connectivity index (χ2v) is 4.62. The van der Waals surface area contributed by atoms with Crippen molar-refractivity contribution in [3.63, 3.8) is 0 Å². The summed E-state index contributed by atoms with van der Waals surface area (Å²) in [5.41, 5.74) is 0.899. The molecule has 4 nitrogen and oxygen atoms in total. The maximum absolute atomic E-state index is 10.5. The first kappa shape index (κ1) is 13.2. The van der Waals surface area contributed by atoms with Crippen molar-refractivity contribution in [2.45, 2.75) is 19.8 Å². The van der Waals surface area contributed by atoms with Crippen LogP contribution in [-0.4, -0.2) is 60.6 Å². The number of nitrogens with zero attached hydrogens (tertiary/aromatic N) is 2. The lowest BCUT2D eigenvalue weighted by Gasteiger charge is -2.21. The van der Waals surface area contributed by atoms with Crippen LogP contribution in [-0.2, 0) is 4.79 Å². The monoisotopic (exact) mass is 226 g/mol. The minimum absolute atomic E-state index is 0.736. The maximum atomic E-state index is 10.5. The van der Waals surface area contributed by atoms with E-state index in [1.807, 2.05) is 14.0 Å². The molecule has 0 aromatic heterocycles. The van der Waals surface area contributed by atoms with Crippen LogP contribution in [0.4, 0.5) is 0 Å². The molecular weight excluding hydrogens is 204 g/mol. The molecule has 0 saturated carbocycles. The SMILES string of the molecule is CC(=CC(=O)O)CN(C)CCN1CCCC1. The van der Waals surface area contributed by atoms with Gasteiger partial charge in [-0.2, -0.15) is 0 Å². The lowest BCUT2D eigenvalue weighted by Crippen LogP contribution is -2.32. The summed E-state index contributed by atoms with van der Waals surface area (Å²) in [6.45, 7) is 7.14. The van der Waals surface area contributed by atoms with Gasteiger partial charge in [0.25, 0.3) is 0 Å². The zero-order chi connectivity index (χ0) is 12.0. The molecule has 1 saturated heterocycles. The van der Waals surface area contributed by atoms with Crippen molar-refractivity contribution >= 4 is 5.97 Å². The highest BCUT2D eigenvalue weighted by Gasteiger charge is 2.11. The van der Waals surface area contributed by atoms with Crippen LogP contribution in [0.1, 0.15) is 19.8 Å². The van der Waals surface area contributed by atoms with E-state index in [1.165, 1.54) is 32.0 Å². The third kappa shape index (κ3) is 5.28. The highest BCUT2D eigenvalue weighted by molar-refractivity contribution is 5.80. The Morgan fingerprint density at radius 3 is 2.62 bits per heavy atom. The summed E-state index contributed by atoms with van der Waals surface area (Å²) in [5, 5.41) is 8.60. The number of hydrogen-bond donors (Lipinski definition) is 1. The summed E-state index contributed by atoms with van der Waals surface area (Å²) in [4.78, 5) is 15.1. The smallest absolute Gasteiger partial charge is 0.328 e. The van der Waals surface area contributed by atoms with Crippen molar-refractivity contribution in [1.29, 1.82) is 0 Å². The van der Waals surface area contributed by atoms with Crippen molar-refractivity contribution in [1.82, 2.24) is 9.80 Å². The Labute approximate surface area is 97.5 Å². The van der Waals surface area contributed by atoms with Crippen molar-refractivity contribution in [2.75, 3.05) is 39.8 Å². The molecule has 1 rings (SSSR count). The van der Waals surface area contributed by atoms with Gasteiger partial charge in [-0.25, -0.2) is 4.79 Å². The normalized spacial score (nSPS) is 18.3. The minimum Gasteiger partial charge on any atom is -0.478 e. The molecule has 0 bridgehead atoms. The first-order valence-corrected chi connectivity index (χ1v) is 5.89. The second-order valence-electron chi connectivity index (χ2n) is 4.62. The molecule has 16 heavy (non-hydrogen) atoms. The van der Waals surface area contributed by atoms with Gasteiger partial charge in [0.15, 0.2) is 0 Å². The highest BCUT2D eigenvalue weighted by Crippen LogP contribution is 2.06. The summed E-state index contributed by atoms with van der Waals surface area (Å²) in [5.74, 6) is -0.856. The third-order valence-corrected chi connectivity index (χ3v) is 2.89. The van der Waals surface area contributed by atoms with Gasteiger partial charge in [0.05, 0.1) is 0 Å². The second kappa shape index (κ2) is 6.66. The molecule has 0 atom stereocenters. The summed E-state index contributed by atoms with van der Waals surface area (Å²) >= 11 is 0. The Hall–Kier alpha value is -0.870. The molecule has 1 aliphatic heterocycles. The largest absolute Gasteiger partial charge is 0.478 e. The molecular formula is C12H22N2O2. The molecule has 1 fully saturated rings. The molecule has 0 aromatic rings. The Balaban J connectivity index is 2.19. The number of likely N-dealkylation sites (tertiary alicyclic amines) is 1. The van der Waals surface area contributed by atoms with E-state index in [1.54, 1.807) is 0 Å². The van der Waals surface area contributed by atoms with Crippen LogP contribution in [0.15, 0.2) is 11.6 Å². The van der Waals surface area contributed by atoms with E-state index in [9.17, 15) is 4.79 Å². The quantitative estimate of drug-likeness (QED) is 0.687. The number of likely N-dealkylation sites (N-methyl/N-ethyl adjacent to an activating group) is 1. The van der Waals surface area contributed by atoms with Gasteiger partial charge < -0.3 is 14.9 Å². The Morgan fingerprint density at radius 1 is 1.44 bits per heavy atom. The van der Waals surface area contributed by atoms with Gasteiger partial charge in [0.1, 0.15) is 0 Å². The van der Waals surface area contributed by atoms with E-state index in [0.717, 1.165) is 25.2 Å². The van der Waals surface area contributed by atoms with Gasteiger partial charge in [0.2, 0.25) is 0 Å². The molecule has 1 aliphatic rings. The van der Waals surface area contributed by atoms with E-state index < -0.39 is 5.97 Å². The Morgan fingerprint density at radius 2 is 2.06 bits per heavy atom. The van der Waals surface area contributed by atoms with Crippen LogP contribution in [0.5, 0.6) is 0 Å². The Kier molecular flexibility index (Phi) is 5.49. The van der Waals surface area contributed by atoms with Crippen LogP contribution in [0.25, 0.3) is 0 Å². The fraction of sp³-hybridized carbons (Fsp3) is 0.750. The summed E-state index contributed by atoms with van der Waals surface area (Å²) in [6, 6.07) is 0. The summed E-state index contributed by atoms with van der Waals surface area (Å²) in [6.07, 6.45) is 3.93. The van der Waals surface area contributed by atoms with Gasteiger partial charge in [0, 0.05) is 25.7 Å². The predicted molar refractivity (Wildman–Crippen MR) is 64.6 cm³/mol.